The van der Waals surface area contributed by atoms with Gasteiger partial charge in [0.05, 0.1) is 0 Å². The van der Waals surface area contributed by atoms with E-state index in [4.69, 9.17) is 0 Å². The zero-order valence-electron chi connectivity index (χ0n) is 19.2. The van der Waals surface area contributed by atoms with Crippen LogP contribution in [0, 0.1) is 0 Å². The molecule has 0 fully saturated rings. The fraction of sp³-hybridized carbons (Fsp3) is 0.267. The topological polar surface area (TPSA) is 4.93 Å². The highest BCUT2D eigenvalue weighted by Crippen LogP contribution is 2.41. The fourth-order valence-corrected chi connectivity index (χ4v) is 4.86. The van der Waals surface area contributed by atoms with Gasteiger partial charge in [0.2, 0.25) is 0 Å². The van der Waals surface area contributed by atoms with Crippen molar-refractivity contribution in [3.8, 4) is 0 Å². The first-order valence-electron chi connectivity index (χ1n) is 11.4. The summed E-state index contributed by atoms with van der Waals surface area (Å²) in [6, 6.07) is 0.288. The quantitative estimate of drug-likeness (QED) is 0.442. The third kappa shape index (κ3) is 4.10. The van der Waals surface area contributed by atoms with Gasteiger partial charge in [0.1, 0.15) is 0 Å². The van der Waals surface area contributed by atoms with E-state index in [0.29, 0.717) is 0 Å². The first-order valence-corrected chi connectivity index (χ1v) is 11.4. The Kier molecular flexibility index (Phi) is 6.42. The molecule has 0 bridgehead atoms. The van der Waals surface area contributed by atoms with Crippen molar-refractivity contribution in [2.45, 2.75) is 53.0 Å². The molecule has 0 amide bonds. The number of rotatable bonds is 4. The zero-order chi connectivity index (χ0) is 21.8. The lowest BCUT2D eigenvalue weighted by Crippen LogP contribution is -2.09. The van der Waals surface area contributed by atoms with Crippen LogP contribution in [0.3, 0.4) is 0 Å². The summed E-state index contributed by atoms with van der Waals surface area (Å²) in [5, 5.41) is 0. The zero-order valence-corrected chi connectivity index (χ0v) is 19.2. The first kappa shape index (κ1) is 21.2. The molecule has 1 aromatic heterocycles. The maximum Gasteiger partial charge on any atom is 0.0494 e. The SMILES string of the molecule is C/C=C\C=C/C(C)n1c2c(c3c1CC=CC(C1=C(C)CC=CC=C1)=C3C)C=CCC=C2. The summed E-state index contributed by atoms with van der Waals surface area (Å²) in [7, 11) is 0. The van der Waals surface area contributed by atoms with Crippen molar-refractivity contribution in [3.63, 3.8) is 0 Å². The number of aromatic nitrogens is 1. The van der Waals surface area contributed by atoms with Crippen LogP contribution in [0.15, 0.2) is 89.6 Å². The van der Waals surface area contributed by atoms with E-state index in [1.807, 2.05) is 0 Å². The molecule has 1 heterocycles. The van der Waals surface area contributed by atoms with E-state index in [0.717, 1.165) is 19.3 Å². The molecule has 1 atom stereocenters. The van der Waals surface area contributed by atoms with Crippen LogP contribution in [0.25, 0.3) is 17.7 Å². The smallest absolute Gasteiger partial charge is 0.0494 e. The summed E-state index contributed by atoms with van der Waals surface area (Å²) in [5.74, 6) is 0. The Morgan fingerprint density at radius 2 is 1.71 bits per heavy atom. The fourth-order valence-electron chi connectivity index (χ4n) is 4.86. The predicted molar refractivity (Wildman–Crippen MR) is 137 cm³/mol. The van der Waals surface area contributed by atoms with Crippen molar-refractivity contribution in [2.75, 3.05) is 0 Å². The van der Waals surface area contributed by atoms with Gasteiger partial charge < -0.3 is 4.57 Å². The number of nitrogens with zero attached hydrogens (tertiary/aromatic N) is 1. The molecule has 31 heavy (non-hydrogen) atoms. The first-order chi connectivity index (χ1) is 15.1. The standard InChI is InChI=1S/C30H33N/c1-5-6-9-16-23(3)31-28-20-13-8-12-18-27(28)30-24(4)26(19-14-21-29(30)31)25-17-11-7-10-15-22(25)2/h5-7,9-14,16-20,23H,8,15,21H2,1-4H3/b6-5-,16-9-. The van der Waals surface area contributed by atoms with Gasteiger partial charge in [0, 0.05) is 35.0 Å². The van der Waals surface area contributed by atoms with Crippen LogP contribution in [-0.4, -0.2) is 4.57 Å². The molecule has 1 unspecified atom stereocenters. The van der Waals surface area contributed by atoms with E-state index in [2.05, 4.69) is 117 Å². The molecule has 0 spiro atoms. The Hall–Kier alpha value is -3.06. The van der Waals surface area contributed by atoms with Crippen LogP contribution < -0.4 is 0 Å². The van der Waals surface area contributed by atoms with Crippen LogP contribution in [0.5, 0.6) is 0 Å². The molecular weight excluding hydrogens is 374 g/mol. The second kappa shape index (κ2) is 9.39. The summed E-state index contributed by atoms with van der Waals surface area (Å²) in [6.07, 6.45) is 34.4. The van der Waals surface area contributed by atoms with Gasteiger partial charge >= 0.3 is 0 Å². The molecule has 3 aliphatic rings. The van der Waals surface area contributed by atoms with Crippen LogP contribution in [0.2, 0.25) is 0 Å². The van der Waals surface area contributed by atoms with Crippen molar-refractivity contribution in [1.29, 1.82) is 0 Å². The predicted octanol–water partition coefficient (Wildman–Crippen LogP) is 8.33. The van der Waals surface area contributed by atoms with Gasteiger partial charge in [-0.3, -0.25) is 0 Å². The molecule has 4 rings (SSSR count). The van der Waals surface area contributed by atoms with Crippen molar-refractivity contribution in [3.05, 3.63) is 112 Å². The maximum absolute atomic E-state index is 2.54. The van der Waals surface area contributed by atoms with E-state index in [1.54, 1.807) is 0 Å². The Morgan fingerprint density at radius 3 is 2.55 bits per heavy atom. The highest BCUT2D eigenvalue weighted by atomic mass is 15.0. The molecule has 3 aliphatic carbocycles. The third-order valence-corrected chi connectivity index (χ3v) is 6.38. The van der Waals surface area contributed by atoms with Gasteiger partial charge in [-0.05, 0) is 63.3 Å². The minimum absolute atomic E-state index is 0.288. The van der Waals surface area contributed by atoms with Crippen LogP contribution in [-0.2, 0) is 6.42 Å². The monoisotopic (exact) mass is 407 g/mol. The van der Waals surface area contributed by atoms with Crippen molar-refractivity contribution in [2.24, 2.45) is 0 Å². The molecule has 1 nitrogen and oxygen atoms in total. The van der Waals surface area contributed by atoms with Gasteiger partial charge in [0.15, 0.2) is 0 Å². The molecule has 0 radical (unpaired) electrons. The van der Waals surface area contributed by atoms with Gasteiger partial charge in [-0.25, -0.2) is 0 Å². The Morgan fingerprint density at radius 1 is 0.871 bits per heavy atom. The number of allylic oxidation sites excluding steroid dienone is 16. The van der Waals surface area contributed by atoms with Gasteiger partial charge in [0.25, 0.3) is 0 Å². The molecule has 0 aromatic carbocycles. The average Bonchev–Trinajstić information content (AvgIpc) is 3.01. The second-order valence-electron chi connectivity index (χ2n) is 8.51. The van der Waals surface area contributed by atoms with Gasteiger partial charge in [-0.1, -0.05) is 84.6 Å². The molecule has 158 valence electrons. The van der Waals surface area contributed by atoms with E-state index in [9.17, 15) is 0 Å². The molecule has 1 aromatic rings. The molecule has 0 saturated carbocycles. The number of fused-ring (bicyclic) bond motifs is 3. The third-order valence-electron chi connectivity index (χ3n) is 6.38. The highest BCUT2D eigenvalue weighted by molar-refractivity contribution is 5.86. The maximum atomic E-state index is 2.54. The molecule has 0 aliphatic heterocycles. The number of hydrogen-bond donors (Lipinski definition) is 0. The van der Waals surface area contributed by atoms with Crippen LogP contribution in [0.1, 0.15) is 69.1 Å². The van der Waals surface area contributed by atoms with Crippen LogP contribution >= 0.6 is 0 Å². The van der Waals surface area contributed by atoms with E-state index >= 15 is 0 Å². The van der Waals surface area contributed by atoms with Gasteiger partial charge in [-0.15, -0.1) is 0 Å². The highest BCUT2D eigenvalue weighted by Gasteiger charge is 2.26. The lowest BCUT2D eigenvalue weighted by Gasteiger charge is -2.17. The summed E-state index contributed by atoms with van der Waals surface area (Å²) in [5.41, 5.74) is 11.0. The van der Waals surface area contributed by atoms with Gasteiger partial charge in [-0.2, -0.15) is 0 Å². The lowest BCUT2D eigenvalue weighted by molar-refractivity contribution is 0.633. The van der Waals surface area contributed by atoms with E-state index in [-0.39, 0.29) is 6.04 Å². The average molecular weight is 408 g/mol. The molecule has 1 heteroatoms. The molecular formula is C30H33N. The molecule has 0 N–H and O–H groups in total. The summed E-state index contributed by atoms with van der Waals surface area (Å²) >= 11 is 0. The second-order valence-corrected chi connectivity index (χ2v) is 8.51. The normalized spacial score (nSPS) is 19.2. The summed E-state index contributed by atoms with van der Waals surface area (Å²) < 4.78 is 2.54. The summed E-state index contributed by atoms with van der Waals surface area (Å²) in [4.78, 5) is 0. The Balaban J connectivity index is 1.96. The van der Waals surface area contributed by atoms with Crippen LogP contribution in [0.4, 0.5) is 0 Å². The van der Waals surface area contributed by atoms with E-state index < -0.39 is 0 Å². The lowest BCUT2D eigenvalue weighted by atomic mass is 9.91. The van der Waals surface area contributed by atoms with Crippen molar-refractivity contribution >= 4 is 17.7 Å². The minimum Gasteiger partial charge on any atom is -0.337 e. The Bertz CT molecular complexity index is 1130. The minimum atomic E-state index is 0.288. The van der Waals surface area contributed by atoms with E-state index in [1.165, 1.54) is 44.8 Å². The van der Waals surface area contributed by atoms with Crippen molar-refractivity contribution in [1.82, 2.24) is 4.57 Å². The van der Waals surface area contributed by atoms with Crippen molar-refractivity contribution < 1.29 is 0 Å². The Labute approximate surface area is 187 Å². The molecule has 0 saturated heterocycles. The largest absolute Gasteiger partial charge is 0.337 e. The summed E-state index contributed by atoms with van der Waals surface area (Å²) in [6.45, 7) is 8.93. The number of hydrogen-bond acceptors (Lipinski definition) is 0.